The Labute approximate surface area is 269 Å². The molecule has 5 atom stereocenters. The number of hydrogen-bond donors (Lipinski definition) is 9. The number of carboxylic acids is 1. The predicted molar refractivity (Wildman–Crippen MR) is 170 cm³/mol. The highest BCUT2D eigenvalue weighted by molar-refractivity contribution is 5.93. The van der Waals surface area contributed by atoms with Crippen molar-refractivity contribution >= 4 is 33.7 Å². The Morgan fingerprint density at radius 3 is 2.33 bits per heavy atom. The fourth-order valence-corrected chi connectivity index (χ4v) is 5.62. The van der Waals surface area contributed by atoms with Gasteiger partial charge in [0.2, 0.25) is 12.0 Å². The van der Waals surface area contributed by atoms with Crippen LogP contribution in [-0.2, 0) is 9.53 Å². The van der Waals surface area contributed by atoms with E-state index in [-0.39, 0.29) is 17.1 Å². The number of aliphatic carboxylic acids is 1. The minimum atomic E-state index is -2.72. The normalized spacial score (nSPS) is 22.4. The molecule has 0 unspecified atom stereocenters. The Hall–Kier alpha value is -5.87. The van der Waals surface area contributed by atoms with Gasteiger partial charge in [-0.25, -0.2) is 4.79 Å². The molecule has 248 valence electrons. The van der Waals surface area contributed by atoms with Crippen LogP contribution in [0.2, 0.25) is 0 Å². The first-order chi connectivity index (χ1) is 22.8. The standard InChI is InChI=1S/C33H29N3O12/c34-32(35)36-13-33(45)28(41)27(30(43)44)48-31(29(33)42)47-23-12-22-24(26(40)25(23)39)20(38)11-21(46-22)18-8-7-17(37)10-19(18)16-6-5-14-3-1-2-4-15(14)9-16/h1-12,27-29,31,37,39-42,45H,13H2,(H,43,44)(H4,34,35,36)/t27-,28+,29-,31-,33-/m0/s1. The lowest BCUT2D eigenvalue weighted by molar-refractivity contribution is -0.303. The molecule has 48 heavy (non-hydrogen) atoms. The second-order valence-corrected chi connectivity index (χ2v) is 11.2. The molecule has 0 radical (unpaired) electrons. The van der Waals surface area contributed by atoms with E-state index < -0.39 is 76.7 Å². The van der Waals surface area contributed by atoms with Crippen molar-refractivity contribution in [3.8, 4) is 45.4 Å². The summed E-state index contributed by atoms with van der Waals surface area (Å²) < 4.78 is 16.8. The highest BCUT2D eigenvalue weighted by atomic mass is 16.7. The van der Waals surface area contributed by atoms with E-state index in [9.17, 15) is 45.3 Å². The van der Waals surface area contributed by atoms with Gasteiger partial charge in [0, 0.05) is 17.7 Å². The smallest absolute Gasteiger partial charge is 0.335 e. The molecule has 2 heterocycles. The number of ether oxygens (including phenoxy) is 2. The van der Waals surface area contributed by atoms with Crippen LogP contribution >= 0.6 is 0 Å². The first-order valence-corrected chi connectivity index (χ1v) is 14.3. The van der Waals surface area contributed by atoms with Gasteiger partial charge in [-0.3, -0.25) is 9.79 Å². The van der Waals surface area contributed by atoms with Gasteiger partial charge in [0.15, 0.2) is 29.0 Å². The van der Waals surface area contributed by atoms with Crippen molar-refractivity contribution in [1.29, 1.82) is 0 Å². The number of fused-ring (bicyclic) bond motifs is 2. The van der Waals surface area contributed by atoms with E-state index in [0.29, 0.717) is 16.7 Å². The summed E-state index contributed by atoms with van der Waals surface area (Å²) in [7, 11) is 0. The molecule has 15 heteroatoms. The molecule has 1 aliphatic heterocycles. The zero-order chi connectivity index (χ0) is 34.5. The molecule has 1 aliphatic rings. The number of aliphatic hydroxyl groups is 3. The van der Waals surface area contributed by atoms with Crippen molar-refractivity contribution in [1.82, 2.24) is 0 Å². The van der Waals surface area contributed by atoms with Crippen LogP contribution in [0.1, 0.15) is 0 Å². The molecule has 15 nitrogen and oxygen atoms in total. The molecule has 4 aromatic carbocycles. The molecule has 1 fully saturated rings. The van der Waals surface area contributed by atoms with Crippen LogP contribution in [0.25, 0.3) is 44.2 Å². The second-order valence-electron chi connectivity index (χ2n) is 11.2. The molecule has 1 aromatic heterocycles. The Balaban J connectivity index is 1.44. The lowest BCUT2D eigenvalue weighted by atomic mass is 9.84. The number of aliphatic hydroxyl groups excluding tert-OH is 2. The molecule has 0 bridgehead atoms. The molecule has 6 rings (SSSR count). The van der Waals surface area contributed by atoms with Crippen LogP contribution in [-0.4, -0.2) is 84.4 Å². The highest BCUT2D eigenvalue weighted by Gasteiger charge is 2.58. The summed E-state index contributed by atoms with van der Waals surface area (Å²) in [5.74, 6) is -4.98. The fourth-order valence-electron chi connectivity index (χ4n) is 5.62. The molecular formula is C33H29N3O12. The van der Waals surface area contributed by atoms with E-state index in [1.165, 1.54) is 18.2 Å². The molecule has 0 spiro atoms. The van der Waals surface area contributed by atoms with Crippen LogP contribution in [0.15, 0.2) is 87.0 Å². The number of phenolic OH excluding ortho intramolecular Hbond substituents is 3. The monoisotopic (exact) mass is 659 g/mol. The third-order valence-corrected chi connectivity index (χ3v) is 8.11. The lowest BCUT2D eigenvalue weighted by Gasteiger charge is -2.45. The number of rotatable bonds is 7. The van der Waals surface area contributed by atoms with Crippen molar-refractivity contribution in [2.75, 3.05) is 6.54 Å². The predicted octanol–water partition coefficient (Wildman–Crippen LogP) is 1.31. The molecule has 5 aromatic rings. The van der Waals surface area contributed by atoms with Crippen molar-refractivity contribution in [2.24, 2.45) is 16.5 Å². The maximum atomic E-state index is 13.3. The second kappa shape index (κ2) is 12.1. The van der Waals surface area contributed by atoms with Crippen LogP contribution in [0, 0.1) is 0 Å². The maximum absolute atomic E-state index is 13.3. The van der Waals surface area contributed by atoms with Crippen molar-refractivity contribution in [3.63, 3.8) is 0 Å². The first-order valence-electron chi connectivity index (χ1n) is 14.3. The van der Waals surface area contributed by atoms with Gasteiger partial charge < -0.3 is 61.1 Å². The van der Waals surface area contributed by atoms with Gasteiger partial charge in [0.25, 0.3) is 0 Å². The molecule has 1 saturated heterocycles. The minimum absolute atomic E-state index is 0.00123. The zero-order valence-electron chi connectivity index (χ0n) is 24.7. The van der Waals surface area contributed by atoms with Crippen LogP contribution in [0.5, 0.6) is 23.0 Å². The topological polar surface area (TPSA) is 272 Å². The SMILES string of the molecule is NC(N)=NC[C@]1(O)[C@H](O)[C@@H](C(=O)O)O[C@H](Oc2cc3oc(-c4ccc(O)cc4-c4ccc5ccccc5c4)cc(=O)c3c(O)c2O)[C@@H]1O. The van der Waals surface area contributed by atoms with Gasteiger partial charge in [-0.15, -0.1) is 0 Å². The van der Waals surface area contributed by atoms with E-state index in [1.807, 2.05) is 42.5 Å². The van der Waals surface area contributed by atoms with E-state index >= 15 is 0 Å². The quantitative estimate of drug-likeness (QED) is 0.0677. The van der Waals surface area contributed by atoms with Crippen LogP contribution in [0.4, 0.5) is 0 Å². The Bertz CT molecular complexity index is 2160. The fraction of sp³-hybridized carbons (Fsp3) is 0.182. The minimum Gasteiger partial charge on any atom is -0.508 e. The number of aliphatic imine (C=N–C) groups is 1. The van der Waals surface area contributed by atoms with E-state index in [2.05, 4.69) is 4.99 Å². The third kappa shape index (κ3) is 5.56. The van der Waals surface area contributed by atoms with Crippen LogP contribution < -0.4 is 21.6 Å². The molecule has 0 amide bonds. The van der Waals surface area contributed by atoms with E-state index in [0.717, 1.165) is 22.9 Å². The summed E-state index contributed by atoms with van der Waals surface area (Å²) in [5.41, 5.74) is 8.38. The Morgan fingerprint density at radius 2 is 1.62 bits per heavy atom. The molecule has 11 N–H and O–H groups in total. The van der Waals surface area contributed by atoms with Gasteiger partial charge in [-0.2, -0.15) is 0 Å². The first kappa shape index (κ1) is 32.1. The number of hydrogen-bond acceptors (Lipinski definition) is 12. The van der Waals surface area contributed by atoms with Crippen molar-refractivity contribution in [3.05, 3.63) is 83.0 Å². The summed E-state index contributed by atoms with van der Waals surface area (Å²) in [6.45, 7) is -0.871. The Morgan fingerprint density at radius 1 is 0.896 bits per heavy atom. The molecule has 0 aliphatic carbocycles. The Kier molecular flexibility index (Phi) is 8.06. The summed E-state index contributed by atoms with van der Waals surface area (Å²) in [5, 5.41) is 75.5. The summed E-state index contributed by atoms with van der Waals surface area (Å²) in [4.78, 5) is 28.7. The number of carbonyl (C=O) groups is 1. The van der Waals surface area contributed by atoms with Crippen molar-refractivity contribution < 1.29 is 54.4 Å². The average Bonchev–Trinajstić information content (AvgIpc) is 3.05. The summed E-state index contributed by atoms with van der Waals surface area (Å²) in [6, 6.07) is 19.8. The van der Waals surface area contributed by atoms with Gasteiger partial charge in [0.05, 0.1) is 6.54 Å². The third-order valence-electron chi connectivity index (χ3n) is 8.11. The largest absolute Gasteiger partial charge is 0.508 e. The number of aromatic hydroxyl groups is 3. The average molecular weight is 660 g/mol. The number of phenols is 3. The number of nitrogens with two attached hydrogens (primary N) is 2. The van der Waals surface area contributed by atoms with E-state index in [4.69, 9.17) is 25.4 Å². The summed E-state index contributed by atoms with van der Waals surface area (Å²) in [6.07, 6.45) is -8.72. The number of guanidine groups is 1. The van der Waals surface area contributed by atoms with Gasteiger partial charge in [-0.05, 0) is 46.2 Å². The lowest BCUT2D eigenvalue weighted by Crippen LogP contribution is -2.70. The van der Waals surface area contributed by atoms with Crippen LogP contribution in [0.3, 0.4) is 0 Å². The van der Waals surface area contributed by atoms with Gasteiger partial charge in [-0.1, -0.05) is 36.4 Å². The number of benzene rings is 4. The van der Waals surface area contributed by atoms with Gasteiger partial charge >= 0.3 is 5.97 Å². The van der Waals surface area contributed by atoms with E-state index in [1.54, 1.807) is 0 Å². The molecular weight excluding hydrogens is 630 g/mol. The van der Waals surface area contributed by atoms with Gasteiger partial charge in [0.1, 0.15) is 40.3 Å². The maximum Gasteiger partial charge on any atom is 0.335 e. The van der Waals surface area contributed by atoms with Crippen molar-refractivity contribution in [2.45, 2.75) is 30.2 Å². The zero-order valence-corrected chi connectivity index (χ0v) is 24.7. The number of carboxylic acid groups (broad SMARTS) is 1. The number of nitrogens with zero attached hydrogens (tertiary/aromatic N) is 1. The highest BCUT2D eigenvalue weighted by Crippen LogP contribution is 2.44. The molecule has 0 saturated carbocycles. The summed E-state index contributed by atoms with van der Waals surface area (Å²) >= 11 is 0.